The summed E-state index contributed by atoms with van der Waals surface area (Å²) in [7, 11) is 1.36. The lowest BCUT2D eigenvalue weighted by molar-refractivity contribution is -0.136. The van der Waals surface area contributed by atoms with E-state index in [4.69, 9.17) is 4.74 Å². The van der Waals surface area contributed by atoms with Gasteiger partial charge in [0, 0.05) is 72.1 Å². The van der Waals surface area contributed by atoms with E-state index in [0.29, 0.717) is 31.5 Å². The molecule has 0 bridgehead atoms. The number of fused-ring (bicyclic) bond motifs is 4. The summed E-state index contributed by atoms with van der Waals surface area (Å²) < 4.78 is 4.86. The van der Waals surface area contributed by atoms with Crippen molar-refractivity contribution in [3.05, 3.63) is 71.0 Å². The predicted octanol–water partition coefficient (Wildman–Crippen LogP) is 3.07. The number of methoxy groups -OCH3 is 1. The molecule has 1 aliphatic heterocycles. The summed E-state index contributed by atoms with van der Waals surface area (Å²) >= 11 is 0. The van der Waals surface area contributed by atoms with E-state index in [1.54, 1.807) is 11.0 Å². The summed E-state index contributed by atoms with van der Waals surface area (Å²) in [6.45, 7) is 2.38. The molecular formula is C26H26N4O4. The number of ether oxygens (including phenoxy) is 1. The fraction of sp³-hybridized carbons (Fsp3) is 0.269. The van der Waals surface area contributed by atoms with Gasteiger partial charge in [0.15, 0.2) is 0 Å². The quantitative estimate of drug-likeness (QED) is 0.400. The van der Waals surface area contributed by atoms with Crippen molar-refractivity contribution in [3.8, 4) is 0 Å². The van der Waals surface area contributed by atoms with Crippen molar-refractivity contribution >= 4 is 39.6 Å². The number of hydrogen-bond donors (Lipinski definition) is 3. The molecule has 2 aromatic carbocycles. The van der Waals surface area contributed by atoms with Gasteiger partial charge in [0.25, 0.3) is 0 Å². The van der Waals surface area contributed by atoms with E-state index in [2.05, 4.69) is 15.3 Å². The molecule has 174 valence electrons. The van der Waals surface area contributed by atoms with E-state index in [1.807, 2.05) is 42.6 Å². The number of benzene rings is 2. The van der Waals surface area contributed by atoms with Crippen LogP contribution in [0.1, 0.15) is 34.1 Å². The molecule has 3 heterocycles. The lowest BCUT2D eigenvalue weighted by Crippen LogP contribution is -2.50. The van der Waals surface area contributed by atoms with E-state index >= 15 is 0 Å². The zero-order chi connectivity index (χ0) is 23.8. The second-order valence-corrected chi connectivity index (χ2v) is 8.66. The Morgan fingerprint density at radius 3 is 2.74 bits per heavy atom. The zero-order valence-corrected chi connectivity index (χ0v) is 19.1. The van der Waals surface area contributed by atoms with Crippen molar-refractivity contribution in [2.24, 2.45) is 0 Å². The van der Waals surface area contributed by atoms with Crippen molar-refractivity contribution < 1.29 is 19.1 Å². The lowest BCUT2D eigenvalue weighted by Gasteiger charge is -2.31. The van der Waals surface area contributed by atoms with E-state index in [9.17, 15) is 14.4 Å². The molecule has 2 aromatic heterocycles. The average molecular weight is 459 g/mol. The number of H-pyrrole nitrogens is 2. The maximum absolute atomic E-state index is 13.6. The Morgan fingerprint density at radius 1 is 1.12 bits per heavy atom. The molecule has 34 heavy (non-hydrogen) atoms. The van der Waals surface area contributed by atoms with Crippen LogP contribution in [0, 0.1) is 0 Å². The number of aromatic nitrogens is 2. The first kappa shape index (κ1) is 21.8. The van der Waals surface area contributed by atoms with E-state index in [0.717, 1.165) is 38.6 Å². The highest BCUT2D eigenvalue weighted by atomic mass is 16.5. The molecule has 1 atom stereocenters. The number of esters is 1. The lowest BCUT2D eigenvalue weighted by atomic mass is 10.00. The van der Waals surface area contributed by atoms with Gasteiger partial charge in [0.2, 0.25) is 11.8 Å². The van der Waals surface area contributed by atoms with Gasteiger partial charge in [-0.3, -0.25) is 9.59 Å². The number of carbonyl (C=O) groups is 3. The summed E-state index contributed by atoms with van der Waals surface area (Å²) in [4.78, 5) is 46.0. The molecule has 0 unspecified atom stereocenters. The van der Waals surface area contributed by atoms with Crippen molar-refractivity contribution in [1.82, 2.24) is 20.2 Å². The molecule has 2 amide bonds. The molecule has 0 fully saturated rings. The van der Waals surface area contributed by atoms with Crippen molar-refractivity contribution in [2.75, 3.05) is 13.7 Å². The molecule has 4 aromatic rings. The first-order valence-corrected chi connectivity index (χ1v) is 11.3. The van der Waals surface area contributed by atoms with Gasteiger partial charge >= 0.3 is 5.97 Å². The number of rotatable bonds is 5. The number of carbonyl (C=O) groups excluding carboxylic acids is 3. The maximum atomic E-state index is 13.6. The minimum Gasteiger partial charge on any atom is -0.465 e. The molecule has 8 heteroatoms. The molecule has 5 rings (SSSR count). The maximum Gasteiger partial charge on any atom is 0.337 e. The molecule has 0 saturated carbocycles. The number of amides is 2. The molecule has 3 N–H and O–H groups in total. The second-order valence-electron chi connectivity index (χ2n) is 8.66. The standard InChI is InChI=1S/C26H26N4O4/c1-15(31)28-24(12-17-13-27-21-6-4-3-5-18(17)21)25(32)30-10-9-23-20(14-30)19-11-16(26(33)34-2)7-8-22(19)29-23/h3-8,11,13,24,27,29H,9-10,12,14H2,1-2H3,(H,28,31)/t24-/m1/s1. The van der Waals surface area contributed by atoms with Crippen molar-refractivity contribution in [3.63, 3.8) is 0 Å². The van der Waals surface area contributed by atoms with Gasteiger partial charge in [0.05, 0.1) is 12.7 Å². The number of hydrogen-bond acceptors (Lipinski definition) is 4. The Balaban J connectivity index is 1.43. The summed E-state index contributed by atoms with van der Waals surface area (Å²) in [5, 5.41) is 4.80. The molecular weight excluding hydrogens is 432 g/mol. The van der Waals surface area contributed by atoms with E-state index in [-0.39, 0.29) is 11.8 Å². The Hall–Kier alpha value is -4.07. The average Bonchev–Trinajstić information content (AvgIpc) is 3.42. The third kappa shape index (κ3) is 3.91. The normalized spacial score (nSPS) is 14.1. The number of nitrogens with one attached hydrogen (secondary N) is 3. The van der Waals surface area contributed by atoms with Gasteiger partial charge in [0.1, 0.15) is 6.04 Å². The zero-order valence-electron chi connectivity index (χ0n) is 19.1. The Bertz CT molecular complexity index is 1420. The van der Waals surface area contributed by atoms with Crippen LogP contribution < -0.4 is 5.32 Å². The number of nitrogens with zero attached hydrogens (tertiary/aromatic N) is 1. The van der Waals surface area contributed by atoms with Crippen LogP contribution in [0.15, 0.2) is 48.7 Å². The van der Waals surface area contributed by atoms with Gasteiger partial charge in [-0.2, -0.15) is 0 Å². The topological polar surface area (TPSA) is 107 Å². The Kier molecular flexibility index (Phi) is 5.57. The van der Waals surface area contributed by atoms with E-state index < -0.39 is 12.0 Å². The number of aromatic amines is 2. The third-order valence-corrected chi connectivity index (χ3v) is 6.48. The first-order chi connectivity index (χ1) is 16.4. The monoisotopic (exact) mass is 458 g/mol. The van der Waals surface area contributed by atoms with Crippen LogP contribution in [-0.4, -0.2) is 52.3 Å². The van der Waals surface area contributed by atoms with Gasteiger partial charge < -0.3 is 24.9 Å². The van der Waals surface area contributed by atoms with Crippen LogP contribution in [0.2, 0.25) is 0 Å². The van der Waals surface area contributed by atoms with Gasteiger partial charge in [-0.1, -0.05) is 18.2 Å². The summed E-state index contributed by atoms with van der Waals surface area (Å²) in [5.41, 5.74) is 5.42. The third-order valence-electron chi connectivity index (χ3n) is 6.48. The van der Waals surface area contributed by atoms with Crippen molar-refractivity contribution in [1.29, 1.82) is 0 Å². The van der Waals surface area contributed by atoms with Gasteiger partial charge in [-0.15, -0.1) is 0 Å². The minimum absolute atomic E-state index is 0.121. The van der Waals surface area contributed by atoms with Crippen LogP contribution in [0.25, 0.3) is 21.8 Å². The van der Waals surface area contributed by atoms with Crippen molar-refractivity contribution in [2.45, 2.75) is 32.4 Å². The van der Waals surface area contributed by atoms with E-state index in [1.165, 1.54) is 14.0 Å². The van der Waals surface area contributed by atoms with Crippen LogP contribution in [-0.2, 0) is 33.7 Å². The fourth-order valence-electron chi connectivity index (χ4n) is 4.83. The largest absolute Gasteiger partial charge is 0.465 e. The van der Waals surface area contributed by atoms with Crippen LogP contribution >= 0.6 is 0 Å². The first-order valence-electron chi connectivity index (χ1n) is 11.3. The van der Waals surface area contributed by atoms with Gasteiger partial charge in [-0.25, -0.2) is 4.79 Å². The molecule has 0 radical (unpaired) electrons. The highest BCUT2D eigenvalue weighted by molar-refractivity contribution is 5.96. The second kappa shape index (κ2) is 8.70. The Morgan fingerprint density at radius 2 is 1.94 bits per heavy atom. The molecule has 0 saturated heterocycles. The molecule has 1 aliphatic rings. The predicted molar refractivity (Wildman–Crippen MR) is 128 cm³/mol. The highest BCUT2D eigenvalue weighted by Gasteiger charge is 2.30. The minimum atomic E-state index is -0.672. The van der Waals surface area contributed by atoms with Crippen LogP contribution in [0.3, 0.4) is 0 Å². The van der Waals surface area contributed by atoms with Crippen LogP contribution in [0.4, 0.5) is 0 Å². The summed E-state index contributed by atoms with van der Waals surface area (Å²) in [6, 6.07) is 12.6. The SMILES string of the molecule is COC(=O)c1ccc2[nH]c3c(c2c1)CN(C(=O)[C@@H](Cc1c[nH]c2ccccc12)NC(C)=O)CC3. The van der Waals surface area contributed by atoms with Crippen LogP contribution in [0.5, 0.6) is 0 Å². The fourth-order valence-corrected chi connectivity index (χ4v) is 4.83. The number of para-hydroxylation sites is 1. The molecule has 0 aliphatic carbocycles. The Labute approximate surface area is 196 Å². The molecule has 8 nitrogen and oxygen atoms in total. The van der Waals surface area contributed by atoms with Gasteiger partial charge in [-0.05, 0) is 29.8 Å². The summed E-state index contributed by atoms with van der Waals surface area (Å²) in [5.74, 6) is -0.764. The highest BCUT2D eigenvalue weighted by Crippen LogP contribution is 2.29. The smallest absolute Gasteiger partial charge is 0.337 e. The summed E-state index contributed by atoms with van der Waals surface area (Å²) in [6.07, 6.45) is 2.96. The molecule has 0 spiro atoms.